The van der Waals surface area contributed by atoms with Crippen LogP contribution < -0.4 is 10.6 Å². The predicted molar refractivity (Wildman–Crippen MR) is 120 cm³/mol. The summed E-state index contributed by atoms with van der Waals surface area (Å²) >= 11 is 16.9. The highest BCUT2D eigenvalue weighted by Gasteiger charge is 2.13. The lowest BCUT2D eigenvalue weighted by Crippen LogP contribution is -2.34. The molecule has 0 aliphatic carbocycles. The number of anilines is 1. The quantitative estimate of drug-likeness (QED) is 0.311. The van der Waals surface area contributed by atoms with Gasteiger partial charge in [-0.05, 0) is 93.8 Å². The molecule has 1 heterocycles. The third-order valence-corrected chi connectivity index (χ3v) is 5.96. The Labute approximate surface area is 179 Å². The smallest absolute Gasteiger partial charge is 0.258 e. The topological polar surface area (TPSA) is 54.0 Å². The largest absolute Gasteiger partial charge is 0.308 e. The Balaban J connectivity index is 1.72. The normalized spacial score (nSPS) is 10.6. The average molecular weight is 600 g/mol. The van der Waals surface area contributed by atoms with Gasteiger partial charge in [0.05, 0.1) is 15.8 Å². The monoisotopic (exact) mass is 599 g/mol. The molecule has 0 saturated heterocycles. The molecule has 0 bridgehead atoms. The van der Waals surface area contributed by atoms with E-state index in [0.29, 0.717) is 15.7 Å². The van der Waals surface area contributed by atoms with E-state index in [4.69, 9.17) is 23.8 Å². The Bertz CT molecular complexity index is 961. The lowest BCUT2D eigenvalue weighted by Gasteiger charge is -2.08. The first kappa shape index (κ1) is 18.2. The molecule has 0 radical (unpaired) electrons. The molecule has 1 aromatic heterocycles. The van der Waals surface area contributed by atoms with E-state index in [0.717, 1.165) is 17.4 Å². The van der Waals surface area contributed by atoms with E-state index in [1.807, 2.05) is 30.3 Å². The summed E-state index contributed by atoms with van der Waals surface area (Å²) in [5.74, 6) is -0.250. The number of carbonyl (C=O) groups excluding carboxylic acids is 1. The summed E-state index contributed by atoms with van der Waals surface area (Å²) in [4.78, 5) is 16.8. The summed E-state index contributed by atoms with van der Waals surface area (Å²) in [5, 5.41) is 7.10. The minimum absolute atomic E-state index is 0.208. The van der Waals surface area contributed by atoms with Gasteiger partial charge in [-0.2, -0.15) is 0 Å². The number of thiazole rings is 1. The second-order valence-electron chi connectivity index (χ2n) is 4.66. The first-order chi connectivity index (χ1) is 11.4. The summed E-state index contributed by atoms with van der Waals surface area (Å²) in [6.45, 7) is 0. The van der Waals surface area contributed by atoms with Crippen molar-refractivity contribution in [3.05, 3.63) is 54.1 Å². The summed E-state index contributed by atoms with van der Waals surface area (Å²) in [6.07, 6.45) is 0. The lowest BCUT2D eigenvalue weighted by atomic mass is 10.2. The van der Waals surface area contributed by atoms with Crippen molar-refractivity contribution in [2.75, 3.05) is 5.32 Å². The van der Waals surface area contributed by atoms with Crippen LogP contribution in [0.15, 0.2) is 36.4 Å². The number of aromatic nitrogens is 1. The maximum absolute atomic E-state index is 12.4. The molecule has 2 aromatic carbocycles. The van der Waals surface area contributed by atoms with Crippen LogP contribution in [0.5, 0.6) is 0 Å². The van der Waals surface area contributed by atoms with Gasteiger partial charge in [0, 0.05) is 12.2 Å². The van der Waals surface area contributed by atoms with Gasteiger partial charge in [-0.25, -0.2) is 4.98 Å². The Morgan fingerprint density at radius 2 is 2.00 bits per heavy atom. The third kappa shape index (κ3) is 4.34. The molecule has 122 valence electrons. The van der Waals surface area contributed by atoms with Crippen LogP contribution in [0.25, 0.3) is 10.2 Å². The number of carbonyl (C=O) groups is 1. The van der Waals surface area contributed by atoms with Gasteiger partial charge in [0.1, 0.15) is 0 Å². The highest BCUT2D eigenvalue weighted by molar-refractivity contribution is 14.1. The van der Waals surface area contributed by atoms with Gasteiger partial charge in [-0.1, -0.05) is 22.9 Å². The molecule has 0 aliphatic heterocycles. The Kier molecular flexibility index (Phi) is 5.90. The fourth-order valence-electron chi connectivity index (χ4n) is 1.92. The van der Waals surface area contributed by atoms with Crippen LogP contribution in [0.1, 0.15) is 10.4 Å². The third-order valence-electron chi connectivity index (χ3n) is 2.97. The minimum Gasteiger partial charge on any atom is -0.308 e. The molecule has 3 aromatic rings. The fourth-order valence-corrected chi connectivity index (χ4v) is 4.39. The highest BCUT2D eigenvalue weighted by Crippen LogP contribution is 2.28. The number of thiocarbonyl (C=S) groups is 1. The van der Waals surface area contributed by atoms with Gasteiger partial charge in [-0.15, -0.1) is 0 Å². The lowest BCUT2D eigenvalue weighted by molar-refractivity contribution is 0.0977. The van der Waals surface area contributed by atoms with Crippen molar-refractivity contribution in [3.63, 3.8) is 0 Å². The zero-order chi connectivity index (χ0) is 17.3. The molecule has 0 spiro atoms. The number of benzene rings is 2. The van der Waals surface area contributed by atoms with Crippen molar-refractivity contribution in [1.82, 2.24) is 10.3 Å². The van der Waals surface area contributed by atoms with Crippen molar-refractivity contribution in [1.29, 1.82) is 0 Å². The number of hydrogen-bond acceptors (Lipinski definition) is 4. The molecule has 0 fully saturated rings. The van der Waals surface area contributed by atoms with Crippen LogP contribution in [-0.4, -0.2) is 16.0 Å². The number of halogens is 3. The summed E-state index contributed by atoms with van der Waals surface area (Å²) in [6, 6.07) is 11.1. The maximum atomic E-state index is 12.4. The van der Waals surface area contributed by atoms with Crippen LogP contribution in [-0.2, 0) is 0 Å². The maximum Gasteiger partial charge on any atom is 0.258 e. The van der Waals surface area contributed by atoms with Gasteiger partial charge in [0.25, 0.3) is 5.91 Å². The van der Waals surface area contributed by atoms with Crippen molar-refractivity contribution in [3.8, 4) is 0 Å². The van der Waals surface area contributed by atoms with Crippen molar-refractivity contribution in [2.24, 2.45) is 0 Å². The van der Waals surface area contributed by atoms with Crippen LogP contribution in [0, 0.1) is 7.14 Å². The molecule has 0 unspecified atom stereocenters. The van der Waals surface area contributed by atoms with Crippen LogP contribution in [0.2, 0.25) is 5.02 Å². The molecular formula is C15H8ClI2N3OS2. The second kappa shape index (κ2) is 7.77. The predicted octanol–water partition coefficient (Wildman–Crippen LogP) is 5.29. The molecule has 1 amide bonds. The molecule has 0 aliphatic rings. The Hall–Kier alpha value is -0.560. The summed E-state index contributed by atoms with van der Waals surface area (Å²) in [5.41, 5.74) is 1.41. The molecule has 4 nitrogen and oxygen atoms in total. The van der Waals surface area contributed by atoms with E-state index in [1.54, 1.807) is 6.07 Å². The molecule has 9 heteroatoms. The van der Waals surface area contributed by atoms with Crippen molar-refractivity contribution in [2.45, 2.75) is 0 Å². The standard InChI is InChI=1S/C15H8ClI2N3OS2/c16-7-1-4-11-12(5-7)24-15(19-11)21-14(23)20-13(22)9-6-8(17)2-3-10(9)18/h1-6H,(H2,19,20,21,22,23). The highest BCUT2D eigenvalue weighted by atomic mass is 127. The van der Waals surface area contributed by atoms with E-state index in [9.17, 15) is 4.79 Å². The number of nitrogens with zero attached hydrogens (tertiary/aromatic N) is 1. The van der Waals surface area contributed by atoms with Crippen LogP contribution >= 0.6 is 80.3 Å². The first-order valence-electron chi connectivity index (χ1n) is 6.56. The zero-order valence-corrected chi connectivity index (χ0v) is 18.5. The SMILES string of the molecule is O=C(NC(=S)Nc1nc2ccc(Cl)cc2s1)c1cc(I)ccc1I. The number of fused-ring (bicyclic) bond motifs is 1. The van der Waals surface area contributed by atoms with E-state index in [2.05, 4.69) is 60.8 Å². The number of nitrogens with one attached hydrogen (secondary N) is 2. The van der Waals surface area contributed by atoms with Crippen LogP contribution in [0.4, 0.5) is 5.13 Å². The van der Waals surface area contributed by atoms with E-state index in [-0.39, 0.29) is 11.0 Å². The van der Waals surface area contributed by atoms with Gasteiger partial charge >= 0.3 is 0 Å². The van der Waals surface area contributed by atoms with Crippen molar-refractivity contribution >= 4 is 107 Å². The molecule has 3 rings (SSSR count). The molecule has 2 N–H and O–H groups in total. The van der Waals surface area contributed by atoms with Gasteiger partial charge in [-0.3, -0.25) is 10.1 Å². The first-order valence-corrected chi connectivity index (χ1v) is 10.3. The Morgan fingerprint density at radius 1 is 1.21 bits per heavy atom. The molecular weight excluding hydrogens is 592 g/mol. The van der Waals surface area contributed by atoms with Gasteiger partial charge in [0.15, 0.2) is 10.2 Å². The van der Waals surface area contributed by atoms with Gasteiger partial charge < -0.3 is 5.32 Å². The molecule has 0 atom stereocenters. The summed E-state index contributed by atoms with van der Waals surface area (Å²) in [7, 11) is 0. The number of rotatable bonds is 2. The molecule has 0 saturated carbocycles. The Morgan fingerprint density at radius 3 is 2.79 bits per heavy atom. The second-order valence-corrected chi connectivity index (χ2v) is 8.95. The van der Waals surface area contributed by atoms with E-state index in [1.165, 1.54) is 11.3 Å². The van der Waals surface area contributed by atoms with Crippen LogP contribution in [0.3, 0.4) is 0 Å². The van der Waals surface area contributed by atoms with Gasteiger partial charge in [0.2, 0.25) is 0 Å². The number of amides is 1. The number of hydrogen-bond donors (Lipinski definition) is 2. The zero-order valence-electron chi connectivity index (χ0n) is 11.8. The fraction of sp³-hybridized carbons (Fsp3) is 0. The average Bonchev–Trinajstić information content (AvgIpc) is 2.90. The van der Waals surface area contributed by atoms with E-state index >= 15 is 0 Å². The van der Waals surface area contributed by atoms with Crippen molar-refractivity contribution < 1.29 is 4.79 Å². The van der Waals surface area contributed by atoms with E-state index < -0.39 is 0 Å². The molecule has 24 heavy (non-hydrogen) atoms. The summed E-state index contributed by atoms with van der Waals surface area (Å²) < 4.78 is 2.80. The minimum atomic E-state index is -0.250.